The predicted octanol–water partition coefficient (Wildman–Crippen LogP) is 1.26. The van der Waals surface area contributed by atoms with Gasteiger partial charge in [-0.3, -0.25) is 4.90 Å². The fourth-order valence-electron chi connectivity index (χ4n) is 1.62. The van der Waals surface area contributed by atoms with Crippen LogP contribution in [-0.4, -0.2) is 23.0 Å². The van der Waals surface area contributed by atoms with Crippen molar-refractivity contribution in [3.63, 3.8) is 0 Å². The summed E-state index contributed by atoms with van der Waals surface area (Å²) in [5.74, 6) is 0.473. The van der Waals surface area contributed by atoms with Crippen LogP contribution in [0, 0.1) is 22.7 Å². The van der Waals surface area contributed by atoms with Gasteiger partial charge in [-0.25, -0.2) is 4.98 Å². The van der Waals surface area contributed by atoms with Crippen LogP contribution >= 0.6 is 0 Å². The van der Waals surface area contributed by atoms with Crippen LogP contribution in [0.25, 0.3) is 11.1 Å². The molecule has 0 radical (unpaired) electrons. The second-order valence-electron chi connectivity index (χ2n) is 3.80. The largest absolute Gasteiger partial charge is 0.439 e. The summed E-state index contributed by atoms with van der Waals surface area (Å²) in [6.07, 6.45) is 0. The number of hydrogen-bond acceptors (Lipinski definition) is 6. The molecular formula is C12H11N5O. The van der Waals surface area contributed by atoms with Gasteiger partial charge in [-0.2, -0.15) is 10.5 Å². The number of rotatable bonds is 4. The normalized spacial score (nSPS) is 10.4. The number of aromatic nitrogens is 1. The lowest BCUT2D eigenvalue weighted by Crippen LogP contribution is -2.24. The molecule has 0 spiro atoms. The third-order valence-corrected chi connectivity index (χ3v) is 2.40. The van der Waals surface area contributed by atoms with Crippen LogP contribution in [0.3, 0.4) is 0 Å². The molecule has 0 saturated heterocycles. The average molecular weight is 241 g/mol. The summed E-state index contributed by atoms with van der Waals surface area (Å²) >= 11 is 0. The van der Waals surface area contributed by atoms with Crippen molar-refractivity contribution in [2.24, 2.45) is 0 Å². The van der Waals surface area contributed by atoms with E-state index in [1.165, 1.54) is 0 Å². The number of benzene rings is 1. The summed E-state index contributed by atoms with van der Waals surface area (Å²) < 4.78 is 5.52. The Kier molecular flexibility index (Phi) is 3.42. The van der Waals surface area contributed by atoms with E-state index in [1.54, 1.807) is 23.1 Å². The number of anilines is 1. The average Bonchev–Trinajstić information content (AvgIpc) is 2.71. The number of fused-ring (bicyclic) bond motifs is 1. The molecule has 2 rings (SSSR count). The van der Waals surface area contributed by atoms with E-state index in [9.17, 15) is 0 Å². The van der Waals surface area contributed by atoms with Crippen molar-refractivity contribution in [2.45, 2.75) is 6.54 Å². The zero-order valence-corrected chi connectivity index (χ0v) is 9.63. The van der Waals surface area contributed by atoms with E-state index >= 15 is 0 Å². The highest BCUT2D eigenvalue weighted by Gasteiger charge is 2.11. The first-order chi connectivity index (χ1) is 8.72. The molecule has 0 atom stereocenters. The zero-order chi connectivity index (χ0) is 13.0. The van der Waals surface area contributed by atoms with Crippen molar-refractivity contribution < 1.29 is 4.42 Å². The van der Waals surface area contributed by atoms with Gasteiger partial charge in [-0.05, 0) is 18.2 Å². The molecule has 0 fully saturated rings. The predicted molar refractivity (Wildman–Crippen MR) is 64.9 cm³/mol. The third-order valence-electron chi connectivity index (χ3n) is 2.40. The van der Waals surface area contributed by atoms with Gasteiger partial charge < -0.3 is 10.2 Å². The van der Waals surface area contributed by atoms with Crippen molar-refractivity contribution in [3.05, 3.63) is 24.1 Å². The number of hydrogen-bond donors (Lipinski definition) is 1. The molecule has 90 valence electrons. The summed E-state index contributed by atoms with van der Waals surface area (Å²) in [6.45, 7) is 0.651. The summed E-state index contributed by atoms with van der Waals surface area (Å²) in [6, 6.07) is 9.21. The molecule has 0 aliphatic rings. The van der Waals surface area contributed by atoms with E-state index in [4.69, 9.17) is 20.7 Å². The first kappa shape index (κ1) is 11.9. The molecule has 6 nitrogen and oxygen atoms in total. The Morgan fingerprint density at radius 1 is 1.28 bits per heavy atom. The van der Waals surface area contributed by atoms with Crippen LogP contribution in [0.4, 0.5) is 5.69 Å². The molecule has 1 aromatic carbocycles. The molecule has 1 heterocycles. The Morgan fingerprint density at radius 3 is 2.67 bits per heavy atom. The van der Waals surface area contributed by atoms with Gasteiger partial charge in [0.05, 0.1) is 31.8 Å². The quantitative estimate of drug-likeness (QED) is 0.638. The molecule has 0 aliphatic heterocycles. The molecule has 2 N–H and O–H groups in total. The van der Waals surface area contributed by atoms with Gasteiger partial charge in [0.2, 0.25) is 5.89 Å². The van der Waals surface area contributed by atoms with Crippen molar-refractivity contribution in [2.75, 3.05) is 18.8 Å². The number of nitriles is 2. The van der Waals surface area contributed by atoms with Gasteiger partial charge in [0, 0.05) is 5.69 Å². The van der Waals surface area contributed by atoms with Crippen LogP contribution in [0.5, 0.6) is 0 Å². The van der Waals surface area contributed by atoms with Crippen molar-refractivity contribution in [1.82, 2.24) is 9.88 Å². The van der Waals surface area contributed by atoms with Crippen LogP contribution in [0.2, 0.25) is 0 Å². The third kappa shape index (κ3) is 2.57. The highest BCUT2D eigenvalue weighted by atomic mass is 16.3. The molecule has 0 saturated carbocycles. The minimum atomic E-state index is 0.161. The van der Waals surface area contributed by atoms with E-state index in [2.05, 4.69) is 4.98 Å². The molecular weight excluding hydrogens is 230 g/mol. The fourth-order valence-corrected chi connectivity index (χ4v) is 1.62. The van der Waals surface area contributed by atoms with Crippen LogP contribution in [0.1, 0.15) is 5.89 Å². The van der Waals surface area contributed by atoms with E-state index in [1.807, 2.05) is 12.1 Å². The van der Waals surface area contributed by atoms with Crippen LogP contribution in [-0.2, 0) is 6.54 Å². The Morgan fingerprint density at radius 2 is 2.00 bits per heavy atom. The van der Waals surface area contributed by atoms with E-state index < -0.39 is 0 Å². The maximum atomic E-state index is 8.65. The minimum Gasteiger partial charge on any atom is -0.439 e. The minimum absolute atomic E-state index is 0.161. The summed E-state index contributed by atoms with van der Waals surface area (Å²) in [5.41, 5.74) is 7.60. The van der Waals surface area contributed by atoms with Gasteiger partial charge in [0.1, 0.15) is 5.52 Å². The lowest BCUT2D eigenvalue weighted by molar-refractivity contribution is 0.298. The second-order valence-corrected chi connectivity index (χ2v) is 3.80. The van der Waals surface area contributed by atoms with Gasteiger partial charge in [-0.15, -0.1) is 0 Å². The van der Waals surface area contributed by atoms with Crippen molar-refractivity contribution >= 4 is 16.8 Å². The first-order valence-electron chi connectivity index (χ1n) is 5.34. The van der Waals surface area contributed by atoms with E-state index in [0.717, 1.165) is 0 Å². The molecule has 0 bridgehead atoms. The number of nitrogens with zero attached hydrogens (tertiary/aromatic N) is 4. The van der Waals surface area contributed by atoms with Crippen molar-refractivity contribution in [3.8, 4) is 12.1 Å². The maximum absolute atomic E-state index is 8.65. The molecule has 0 aliphatic carbocycles. The Bertz CT molecular complexity index is 618. The SMILES string of the molecule is N#CCN(CC#N)Cc1nc2cc(N)ccc2o1. The molecule has 6 heteroatoms. The Labute approximate surface area is 104 Å². The standard InChI is InChI=1S/C12H11N5O/c13-3-5-17(6-4-14)8-12-16-10-7-9(15)1-2-11(10)18-12/h1-2,7H,5-6,8,15H2. The van der Waals surface area contributed by atoms with Gasteiger partial charge in [-0.1, -0.05) is 0 Å². The van der Waals surface area contributed by atoms with Gasteiger partial charge in [0.25, 0.3) is 0 Å². The van der Waals surface area contributed by atoms with Crippen LogP contribution < -0.4 is 5.73 Å². The summed E-state index contributed by atoms with van der Waals surface area (Å²) in [7, 11) is 0. The molecule has 1 aromatic heterocycles. The molecule has 2 aromatic rings. The number of nitrogens with two attached hydrogens (primary N) is 1. The topological polar surface area (TPSA) is 103 Å². The fraction of sp³-hybridized carbons (Fsp3) is 0.250. The number of oxazole rings is 1. The lowest BCUT2D eigenvalue weighted by atomic mass is 10.3. The van der Waals surface area contributed by atoms with Crippen molar-refractivity contribution in [1.29, 1.82) is 10.5 Å². The highest BCUT2D eigenvalue weighted by molar-refractivity contribution is 5.76. The maximum Gasteiger partial charge on any atom is 0.209 e. The smallest absolute Gasteiger partial charge is 0.209 e. The number of nitrogen functional groups attached to an aromatic ring is 1. The summed E-state index contributed by atoms with van der Waals surface area (Å²) in [5, 5.41) is 17.3. The Balaban J connectivity index is 2.21. The Hall–Kier alpha value is -2.57. The first-order valence-corrected chi connectivity index (χ1v) is 5.34. The molecule has 0 amide bonds. The van der Waals surface area contributed by atoms with Crippen LogP contribution in [0.15, 0.2) is 22.6 Å². The monoisotopic (exact) mass is 241 g/mol. The second kappa shape index (κ2) is 5.17. The molecule has 18 heavy (non-hydrogen) atoms. The van der Waals surface area contributed by atoms with Gasteiger partial charge >= 0.3 is 0 Å². The summed E-state index contributed by atoms with van der Waals surface area (Å²) in [4.78, 5) is 5.92. The van der Waals surface area contributed by atoms with E-state index in [-0.39, 0.29) is 13.1 Å². The van der Waals surface area contributed by atoms with Gasteiger partial charge in [0.15, 0.2) is 5.58 Å². The van der Waals surface area contributed by atoms with E-state index in [0.29, 0.717) is 29.2 Å². The lowest BCUT2D eigenvalue weighted by Gasteiger charge is -2.11. The zero-order valence-electron chi connectivity index (χ0n) is 9.63. The highest BCUT2D eigenvalue weighted by Crippen LogP contribution is 2.19. The molecule has 0 unspecified atom stereocenters.